The van der Waals surface area contributed by atoms with Crippen LogP contribution in [0.15, 0.2) is 0 Å². The molecule has 1 N–H and O–H groups in total. The Hall–Kier alpha value is -0.0800. The summed E-state index contributed by atoms with van der Waals surface area (Å²) in [4.78, 5) is 2.49. The van der Waals surface area contributed by atoms with Gasteiger partial charge in [-0.15, -0.1) is 0 Å². The molecular weight excluding hydrogens is 220 g/mol. The normalized spacial score (nSPS) is 29.3. The summed E-state index contributed by atoms with van der Waals surface area (Å²) >= 11 is 0. The lowest BCUT2D eigenvalue weighted by Crippen LogP contribution is -2.43. The Morgan fingerprint density at radius 3 is 2.61 bits per heavy atom. The molecule has 1 heterocycles. The lowest BCUT2D eigenvalue weighted by atomic mass is 9.86. The first-order valence-corrected chi connectivity index (χ1v) is 8.17. The molecule has 1 aliphatic carbocycles. The highest BCUT2D eigenvalue weighted by atomic mass is 15.1. The molecular formula is C16H32N2. The van der Waals surface area contributed by atoms with Crippen LogP contribution in [0.1, 0.15) is 58.3 Å². The molecule has 1 saturated heterocycles. The van der Waals surface area contributed by atoms with Crippen molar-refractivity contribution in [2.24, 2.45) is 11.8 Å². The number of hydrogen-bond donors (Lipinski definition) is 1. The molecule has 0 bridgehead atoms. The number of hydrogen-bond acceptors (Lipinski definition) is 2. The Labute approximate surface area is 114 Å². The molecule has 2 unspecified atom stereocenters. The third-order valence-electron chi connectivity index (χ3n) is 5.11. The summed E-state index contributed by atoms with van der Waals surface area (Å²) < 4.78 is 0. The summed E-state index contributed by atoms with van der Waals surface area (Å²) in [7, 11) is 2.26. The lowest BCUT2D eigenvalue weighted by molar-refractivity contribution is 0.177. The minimum Gasteiger partial charge on any atom is -0.314 e. The van der Waals surface area contributed by atoms with Crippen molar-refractivity contribution in [2.45, 2.75) is 64.3 Å². The van der Waals surface area contributed by atoms with Gasteiger partial charge in [0.1, 0.15) is 0 Å². The van der Waals surface area contributed by atoms with E-state index in [1.165, 1.54) is 71.0 Å². The Morgan fingerprint density at radius 2 is 1.89 bits per heavy atom. The lowest BCUT2D eigenvalue weighted by Gasteiger charge is -2.34. The van der Waals surface area contributed by atoms with Crippen molar-refractivity contribution in [3.63, 3.8) is 0 Å². The van der Waals surface area contributed by atoms with Crippen LogP contribution < -0.4 is 5.32 Å². The van der Waals surface area contributed by atoms with E-state index in [1.54, 1.807) is 0 Å². The van der Waals surface area contributed by atoms with Crippen molar-refractivity contribution >= 4 is 0 Å². The maximum atomic E-state index is 3.79. The second kappa shape index (κ2) is 7.49. The van der Waals surface area contributed by atoms with E-state index in [1.807, 2.05) is 0 Å². The minimum absolute atomic E-state index is 0.705. The van der Waals surface area contributed by atoms with E-state index in [-0.39, 0.29) is 0 Å². The van der Waals surface area contributed by atoms with Crippen LogP contribution >= 0.6 is 0 Å². The van der Waals surface area contributed by atoms with Gasteiger partial charge in [0.15, 0.2) is 0 Å². The zero-order valence-corrected chi connectivity index (χ0v) is 12.5. The molecule has 0 amide bonds. The Kier molecular flexibility index (Phi) is 5.97. The monoisotopic (exact) mass is 252 g/mol. The predicted molar refractivity (Wildman–Crippen MR) is 78.9 cm³/mol. The van der Waals surface area contributed by atoms with Crippen LogP contribution in [-0.2, 0) is 0 Å². The van der Waals surface area contributed by atoms with E-state index < -0.39 is 0 Å². The number of likely N-dealkylation sites (tertiary alicyclic amines) is 1. The van der Waals surface area contributed by atoms with E-state index in [0.29, 0.717) is 6.04 Å². The summed E-state index contributed by atoms with van der Waals surface area (Å²) in [6, 6.07) is 0.705. The number of piperidine rings is 1. The molecule has 0 spiro atoms. The van der Waals surface area contributed by atoms with Gasteiger partial charge >= 0.3 is 0 Å². The summed E-state index contributed by atoms with van der Waals surface area (Å²) in [6.45, 7) is 6.22. The van der Waals surface area contributed by atoms with Crippen molar-refractivity contribution in [2.75, 3.05) is 26.7 Å². The first-order valence-electron chi connectivity index (χ1n) is 8.17. The van der Waals surface area contributed by atoms with Crippen LogP contribution in [-0.4, -0.2) is 37.6 Å². The predicted octanol–water partition coefficient (Wildman–Crippen LogP) is 3.28. The van der Waals surface area contributed by atoms with Crippen LogP contribution in [0.4, 0.5) is 0 Å². The maximum absolute atomic E-state index is 3.79. The van der Waals surface area contributed by atoms with Gasteiger partial charge in [-0.05, 0) is 58.2 Å². The highest BCUT2D eigenvalue weighted by Crippen LogP contribution is 2.26. The maximum Gasteiger partial charge on any atom is 0.00792 e. The van der Waals surface area contributed by atoms with Crippen molar-refractivity contribution in [1.29, 1.82) is 0 Å². The highest BCUT2D eigenvalue weighted by molar-refractivity contribution is 4.79. The molecule has 0 aromatic rings. The van der Waals surface area contributed by atoms with Gasteiger partial charge in [0, 0.05) is 12.6 Å². The average molecular weight is 252 g/mol. The van der Waals surface area contributed by atoms with E-state index in [2.05, 4.69) is 24.2 Å². The molecule has 1 aliphatic heterocycles. The Morgan fingerprint density at radius 1 is 1.11 bits per heavy atom. The fourth-order valence-corrected chi connectivity index (χ4v) is 3.77. The minimum atomic E-state index is 0.705. The number of nitrogens with one attached hydrogen (secondary N) is 1. The van der Waals surface area contributed by atoms with Crippen molar-refractivity contribution in [1.82, 2.24) is 10.2 Å². The van der Waals surface area contributed by atoms with Gasteiger partial charge in [-0.25, -0.2) is 0 Å². The van der Waals surface area contributed by atoms with Crippen molar-refractivity contribution in [3.8, 4) is 0 Å². The summed E-state index contributed by atoms with van der Waals surface area (Å²) in [6.07, 6.45) is 11.6. The van der Waals surface area contributed by atoms with Crippen LogP contribution in [0.2, 0.25) is 0 Å². The molecule has 2 heteroatoms. The molecule has 106 valence electrons. The van der Waals surface area contributed by atoms with Crippen LogP contribution in [0.3, 0.4) is 0 Å². The number of nitrogens with zero attached hydrogens (tertiary/aromatic N) is 1. The highest BCUT2D eigenvalue weighted by Gasteiger charge is 2.22. The van der Waals surface area contributed by atoms with Gasteiger partial charge in [0.2, 0.25) is 0 Å². The molecule has 18 heavy (non-hydrogen) atoms. The summed E-state index contributed by atoms with van der Waals surface area (Å²) in [5.74, 6) is 1.89. The fraction of sp³-hybridized carbons (Fsp3) is 1.00. The zero-order valence-electron chi connectivity index (χ0n) is 12.5. The molecule has 0 radical (unpaired) electrons. The molecule has 2 fully saturated rings. The topological polar surface area (TPSA) is 15.3 Å². The van der Waals surface area contributed by atoms with Gasteiger partial charge in [-0.2, -0.15) is 0 Å². The van der Waals surface area contributed by atoms with E-state index in [4.69, 9.17) is 0 Å². The van der Waals surface area contributed by atoms with E-state index in [0.717, 1.165) is 11.8 Å². The van der Waals surface area contributed by atoms with Crippen LogP contribution in [0.25, 0.3) is 0 Å². The molecule has 2 aliphatic rings. The smallest absolute Gasteiger partial charge is 0.00792 e. The van der Waals surface area contributed by atoms with Crippen LogP contribution in [0, 0.1) is 11.8 Å². The Bertz CT molecular complexity index is 223. The average Bonchev–Trinajstić information content (AvgIpc) is 2.40. The molecule has 1 saturated carbocycles. The standard InChI is InChI=1S/C16H32N2/c1-14(16-9-6-12-18(2)13-16)17-11-10-15-7-4-3-5-8-15/h14-17H,3-13H2,1-2H3. The van der Waals surface area contributed by atoms with Crippen molar-refractivity contribution in [3.05, 3.63) is 0 Å². The fourth-order valence-electron chi connectivity index (χ4n) is 3.77. The van der Waals surface area contributed by atoms with Gasteiger partial charge in [0.05, 0.1) is 0 Å². The first-order chi connectivity index (χ1) is 8.75. The zero-order chi connectivity index (χ0) is 12.8. The summed E-state index contributed by atoms with van der Waals surface area (Å²) in [5.41, 5.74) is 0. The quantitative estimate of drug-likeness (QED) is 0.808. The number of rotatable bonds is 5. The van der Waals surface area contributed by atoms with Gasteiger partial charge in [-0.1, -0.05) is 32.1 Å². The third kappa shape index (κ3) is 4.55. The Balaban J connectivity index is 1.60. The van der Waals surface area contributed by atoms with E-state index in [9.17, 15) is 0 Å². The largest absolute Gasteiger partial charge is 0.314 e. The first kappa shape index (κ1) is 14.3. The van der Waals surface area contributed by atoms with Crippen molar-refractivity contribution < 1.29 is 0 Å². The molecule has 2 atom stereocenters. The molecule has 2 nitrogen and oxygen atoms in total. The third-order valence-corrected chi connectivity index (χ3v) is 5.11. The second-order valence-electron chi connectivity index (χ2n) is 6.70. The molecule has 0 aromatic carbocycles. The van der Waals surface area contributed by atoms with Gasteiger partial charge < -0.3 is 10.2 Å². The van der Waals surface area contributed by atoms with E-state index >= 15 is 0 Å². The second-order valence-corrected chi connectivity index (χ2v) is 6.70. The van der Waals surface area contributed by atoms with Gasteiger partial charge in [-0.3, -0.25) is 0 Å². The van der Waals surface area contributed by atoms with Gasteiger partial charge in [0.25, 0.3) is 0 Å². The SMILES string of the molecule is CC(NCCC1CCCCC1)C1CCCN(C)C1. The molecule has 0 aromatic heterocycles. The summed E-state index contributed by atoms with van der Waals surface area (Å²) in [5, 5.41) is 3.79. The van der Waals surface area contributed by atoms with Crippen LogP contribution in [0.5, 0.6) is 0 Å². The molecule has 2 rings (SSSR count).